The first-order valence-corrected chi connectivity index (χ1v) is 10.2. The highest BCUT2D eigenvalue weighted by Crippen LogP contribution is 2.24. The molecule has 0 aromatic heterocycles. The van der Waals surface area contributed by atoms with Crippen molar-refractivity contribution >= 4 is 5.97 Å². The van der Waals surface area contributed by atoms with Gasteiger partial charge in [-0.1, -0.05) is 87.0 Å². The molecule has 0 fully saturated rings. The Morgan fingerprint density at radius 3 is 2.00 bits per heavy atom. The van der Waals surface area contributed by atoms with E-state index in [0.29, 0.717) is 5.56 Å². The second kappa shape index (κ2) is 9.89. The van der Waals surface area contributed by atoms with Gasteiger partial charge >= 0.3 is 5.97 Å². The van der Waals surface area contributed by atoms with Crippen molar-refractivity contribution in [3.8, 4) is 11.1 Å². The molecule has 1 unspecified atom stereocenters. The molecule has 2 nitrogen and oxygen atoms in total. The van der Waals surface area contributed by atoms with Gasteiger partial charge < -0.3 is 4.74 Å². The largest absolute Gasteiger partial charge is 0.454 e. The Morgan fingerprint density at radius 2 is 1.43 bits per heavy atom. The quantitative estimate of drug-likeness (QED) is 0.398. The number of esters is 1. The molecule has 0 bridgehead atoms. The fourth-order valence-electron chi connectivity index (χ4n) is 3.30. The number of rotatable bonds is 8. The van der Waals surface area contributed by atoms with Crippen LogP contribution in [0.5, 0.6) is 0 Å². The van der Waals surface area contributed by atoms with Crippen LogP contribution in [0.3, 0.4) is 0 Å². The van der Waals surface area contributed by atoms with Crippen LogP contribution in [0.1, 0.15) is 60.7 Å². The van der Waals surface area contributed by atoms with Gasteiger partial charge in [-0.3, -0.25) is 0 Å². The third-order valence-corrected chi connectivity index (χ3v) is 5.02. The fourth-order valence-corrected chi connectivity index (χ4v) is 3.30. The number of unbranched alkanes of at least 4 members (excludes halogenated alkanes) is 1. The minimum atomic E-state index is -0.280. The van der Waals surface area contributed by atoms with Gasteiger partial charge in [-0.25, -0.2) is 4.79 Å². The number of benzene rings is 3. The summed E-state index contributed by atoms with van der Waals surface area (Å²) >= 11 is 0. The Bertz CT molecular complexity index is 865. The average molecular weight is 373 g/mol. The molecule has 0 aliphatic carbocycles. The maximum Gasteiger partial charge on any atom is 0.338 e. The molecule has 3 rings (SSSR count). The molecule has 0 radical (unpaired) electrons. The summed E-state index contributed by atoms with van der Waals surface area (Å²) in [4.78, 5) is 12.6. The maximum atomic E-state index is 12.6. The van der Waals surface area contributed by atoms with E-state index in [0.717, 1.165) is 29.5 Å². The smallest absolute Gasteiger partial charge is 0.338 e. The Hall–Kier alpha value is -2.87. The highest BCUT2D eigenvalue weighted by atomic mass is 16.5. The van der Waals surface area contributed by atoms with E-state index in [-0.39, 0.29) is 12.1 Å². The summed E-state index contributed by atoms with van der Waals surface area (Å²) in [6, 6.07) is 26.3. The summed E-state index contributed by atoms with van der Waals surface area (Å²) in [5.41, 5.74) is 5.25. The molecular weight excluding hydrogens is 344 g/mol. The van der Waals surface area contributed by atoms with Crippen molar-refractivity contribution in [1.29, 1.82) is 0 Å². The monoisotopic (exact) mass is 372 g/mol. The summed E-state index contributed by atoms with van der Waals surface area (Å²) in [6.45, 7) is 4.24. The summed E-state index contributed by atoms with van der Waals surface area (Å²) in [5, 5.41) is 0. The lowest BCUT2D eigenvalue weighted by molar-refractivity contribution is 0.0288. The zero-order valence-electron chi connectivity index (χ0n) is 16.7. The topological polar surface area (TPSA) is 26.3 Å². The molecule has 0 heterocycles. The summed E-state index contributed by atoms with van der Waals surface area (Å²) in [7, 11) is 0. The maximum absolute atomic E-state index is 12.6. The Balaban J connectivity index is 1.67. The molecule has 0 aliphatic rings. The van der Waals surface area contributed by atoms with Crippen molar-refractivity contribution in [3.63, 3.8) is 0 Å². The Kier molecular flexibility index (Phi) is 7.02. The third kappa shape index (κ3) is 5.10. The lowest BCUT2D eigenvalue weighted by Gasteiger charge is -2.16. The first-order valence-electron chi connectivity index (χ1n) is 10.2. The highest BCUT2D eigenvalue weighted by molar-refractivity contribution is 5.90. The van der Waals surface area contributed by atoms with Crippen LogP contribution in [0.15, 0.2) is 78.9 Å². The molecule has 2 heteroatoms. The van der Waals surface area contributed by atoms with Crippen molar-refractivity contribution in [3.05, 3.63) is 95.6 Å². The average Bonchev–Trinajstić information content (AvgIpc) is 2.77. The van der Waals surface area contributed by atoms with Crippen molar-refractivity contribution in [2.75, 3.05) is 0 Å². The summed E-state index contributed by atoms with van der Waals surface area (Å²) in [5.74, 6) is -0.280. The van der Waals surface area contributed by atoms with Gasteiger partial charge in [0.25, 0.3) is 0 Å². The molecule has 0 amide bonds. The molecule has 0 N–H and O–H groups in total. The van der Waals surface area contributed by atoms with Gasteiger partial charge in [0.15, 0.2) is 0 Å². The summed E-state index contributed by atoms with van der Waals surface area (Å²) < 4.78 is 5.73. The van der Waals surface area contributed by atoms with Crippen LogP contribution < -0.4 is 0 Å². The molecule has 0 saturated carbocycles. The van der Waals surface area contributed by atoms with E-state index in [1.54, 1.807) is 0 Å². The molecule has 0 spiro atoms. The van der Waals surface area contributed by atoms with E-state index >= 15 is 0 Å². The first kappa shape index (κ1) is 19.9. The van der Waals surface area contributed by atoms with Crippen LogP contribution in [0.4, 0.5) is 0 Å². The van der Waals surface area contributed by atoms with E-state index in [4.69, 9.17) is 4.74 Å². The van der Waals surface area contributed by atoms with E-state index < -0.39 is 0 Å². The molecule has 0 saturated heterocycles. The van der Waals surface area contributed by atoms with Crippen molar-refractivity contribution in [2.24, 2.45) is 0 Å². The molecule has 0 aliphatic heterocycles. The molecule has 1 atom stereocenters. The van der Waals surface area contributed by atoms with Gasteiger partial charge in [-0.15, -0.1) is 0 Å². The van der Waals surface area contributed by atoms with Gasteiger partial charge in [0.1, 0.15) is 6.10 Å². The summed E-state index contributed by atoms with van der Waals surface area (Å²) in [6.07, 6.45) is 4.09. The zero-order valence-corrected chi connectivity index (χ0v) is 16.7. The van der Waals surface area contributed by atoms with Crippen LogP contribution in [0.2, 0.25) is 0 Å². The van der Waals surface area contributed by atoms with Crippen LogP contribution in [-0.2, 0) is 11.2 Å². The van der Waals surface area contributed by atoms with Crippen molar-refractivity contribution in [1.82, 2.24) is 0 Å². The molecule has 28 heavy (non-hydrogen) atoms. The second-order valence-electron chi connectivity index (χ2n) is 7.09. The number of ether oxygens (including phenoxy) is 1. The Morgan fingerprint density at radius 1 is 0.821 bits per heavy atom. The van der Waals surface area contributed by atoms with Crippen LogP contribution >= 0.6 is 0 Å². The van der Waals surface area contributed by atoms with E-state index in [2.05, 4.69) is 31.2 Å². The van der Waals surface area contributed by atoms with E-state index in [1.165, 1.54) is 18.4 Å². The van der Waals surface area contributed by atoms with Crippen molar-refractivity contribution < 1.29 is 9.53 Å². The van der Waals surface area contributed by atoms with Gasteiger partial charge in [0, 0.05) is 0 Å². The van der Waals surface area contributed by atoms with E-state index in [9.17, 15) is 4.79 Å². The number of aryl methyl sites for hydroxylation is 1. The van der Waals surface area contributed by atoms with Gasteiger partial charge in [0.2, 0.25) is 0 Å². The van der Waals surface area contributed by atoms with E-state index in [1.807, 2.05) is 61.5 Å². The normalized spacial score (nSPS) is 11.8. The zero-order chi connectivity index (χ0) is 19.8. The minimum absolute atomic E-state index is 0.218. The fraction of sp³-hybridized carbons (Fsp3) is 0.269. The number of hydrogen-bond donors (Lipinski definition) is 0. The molecule has 3 aromatic rings. The SMILES string of the molecule is CCCCc1ccc(-c2ccc(C(=O)OC(CC)c3ccccc3)cc2)cc1. The molecule has 144 valence electrons. The predicted molar refractivity (Wildman–Crippen MR) is 115 cm³/mol. The van der Waals surface area contributed by atoms with Gasteiger partial charge in [0.05, 0.1) is 5.56 Å². The molecular formula is C26H28O2. The third-order valence-electron chi connectivity index (χ3n) is 5.02. The lowest BCUT2D eigenvalue weighted by Crippen LogP contribution is -2.11. The van der Waals surface area contributed by atoms with Crippen LogP contribution in [-0.4, -0.2) is 5.97 Å². The number of carbonyl (C=O) groups is 1. The van der Waals surface area contributed by atoms with Crippen LogP contribution in [0.25, 0.3) is 11.1 Å². The second-order valence-corrected chi connectivity index (χ2v) is 7.09. The molecule has 3 aromatic carbocycles. The Labute approximate surface area is 168 Å². The van der Waals surface area contributed by atoms with Crippen molar-refractivity contribution in [2.45, 2.75) is 45.6 Å². The number of hydrogen-bond acceptors (Lipinski definition) is 2. The van der Waals surface area contributed by atoms with Crippen LogP contribution in [0, 0.1) is 0 Å². The minimum Gasteiger partial charge on any atom is -0.454 e. The highest BCUT2D eigenvalue weighted by Gasteiger charge is 2.16. The first-order chi connectivity index (χ1) is 13.7. The van der Waals surface area contributed by atoms with Gasteiger partial charge in [-0.2, -0.15) is 0 Å². The number of carbonyl (C=O) groups excluding carboxylic acids is 1. The van der Waals surface area contributed by atoms with Gasteiger partial charge in [-0.05, 0) is 53.6 Å². The standard InChI is InChI=1S/C26H28O2/c1-3-5-9-20-12-14-21(15-13-20)22-16-18-24(19-17-22)26(27)28-25(4-2)23-10-7-6-8-11-23/h6-8,10-19,25H,3-5,9H2,1-2H3. The lowest BCUT2D eigenvalue weighted by atomic mass is 10.0. The predicted octanol–water partition coefficient (Wildman–Crippen LogP) is 7.00.